The minimum Gasteiger partial charge on any atom is -0.411 e. The second kappa shape index (κ2) is 10.1. The third kappa shape index (κ3) is 5.30. The molecule has 2 heteroatoms. The van der Waals surface area contributed by atoms with Crippen LogP contribution in [0.15, 0.2) is 60.3 Å². The summed E-state index contributed by atoms with van der Waals surface area (Å²) in [4.78, 5) is 0. The number of hydrogen-bond acceptors (Lipinski definition) is 2. The highest BCUT2D eigenvalue weighted by molar-refractivity contribution is 5.81. The van der Waals surface area contributed by atoms with Gasteiger partial charge in [0.2, 0.25) is 0 Å². The van der Waals surface area contributed by atoms with Gasteiger partial charge in [-0.3, -0.25) is 0 Å². The van der Waals surface area contributed by atoms with Gasteiger partial charge in [0, 0.05) is 0 Å². The Bertz CT molecular complexity index is 425. The molecule has 0 radical (unpaired) electrons. The molecule has 1 aromatic rings. The number of oxime groups is 1. The van der Waals surface area contributed by atoms with Crippen molar-refractivity contribution in [3.05, 3.63) is 66.3 Å². The molecule has 0 aliphatic carbocycles. The van der Waals surface area contributed by atoms with Crippen LogP contribution in [-0.2, 0) is 0 Å². The molecule has 1 aromatic carbocycles. The van der Waals surface area contributed by atoms with E-state index in [-0.39, 0.29) is 0 Å². The van der Waals surface area contributed by atoms with Gasteiger partial charge in [-0.25, -0.2) is 0 Å². The number of rotatable bonds is 4. The fourth-order valence-corrected chi connectivity index (χ4v) is 1.38. The number of allylic oxidation sites excluding steroid dienone is 5. The highest BCUT2D eigenvalue weighted by Crippen LogP contribution is 2.16. The maximum Gasteiger partial charge on any atom is 0.0733 e. The van der Waals surface area contributed by atoms with Crippen LogP contribution in [0, 0.1) is 0 Å². The summed E-state index contributed by atoms with van der Waals surface area (Å²) in [6.07, 6.45) is 9.12. The maximum atomic E-state index is 8.40. The summed E-state index contributed by atoms with van der Waals surface area (Å²) in [5.74, 6) is 0. The van der Waals surface area contributed by atoms with E-state index in [1.54, 1.807) is 6.08 Å². The zero-order valence-electron chi connectivity index (χ0n) is 11.3. The lowest BCUT2D eigenvalue weighted by Crippen LogP contribution is -1.84. The van der Waals surface area contributed by atoms with Crippen molar-refractivity contribution in [3.63, 3.8) is 0 Å². The average Bonchev–Trinajstić information content (AvgIpc) is 2.42. The fourth-order valence-electron chi connectivity index (χ4n) is 1.38. The van der Waals surface area contributed by atoms with Crippen LogP contribution in [0.5, 0.6) is 0 Å². The molecule has 0 aliphatic heterocycles. The van der Waals surface area contributed by atoms with Crippen LogP contribution in [0.3, 0.4) is 0 Å². The van der Waals surface area contributed by atoms with Crippen molar-refractivity contribution < 1.29 is 5.21 Å². The van der Waals surface area contributed by atoms with Gasteiger partial charge >= 0.3 is 0 Å². The summed E-state index contributed by atoms with van der Waals surface area (Å²) in [6.45, 7) is 9.67. The number of hydrogen-bond donors (Lipinski definition) is 1. The first-order valence-corrected chi connectivity index (χ1v) is 6.05. The molecule has 0 heterocycles. The van der Waals surface area contributed by atoms with E-state index in [9.17, 15) is 0 Å². The maximum absolute atomic E-state index is 8.40. The second-order valence-electron chi connectivity index (χ2n) is 3.22. The van der Waals surface area contributed by atoms with Gasteiger partial charge < -0.3 is 5.21 Å². The Morgan fingerprint density at radius 2 is 1.83 bits per heavy atom. The SMILES string of the molecule is C=C/C=C(\C=C/C)c1ccc(/C=N\O)cc1.CC. The van der Waals surface area contributed by atoms with Crippen LogP contribution < -0.4 is 0 Å². The molecular formula is C16H21NO. The summed E-state index contributed by atoms with van der Waals surface area (Å²) in [5, 5.41) is 11.4. The van der Waals surface area contributed by atoms with Crippen molar-refractivity contribution >= 4 is 11.8 Å². The molecule has 0 saturated heterocycles. The number of benzene rings is 1. The Morgan fingerprint density at radius 3 is 2.28 bits per heavy atom. The first-order valence-electron chi connectivity index (χ1n) is 6.05. The highest BCUT2D eigenvalue weighted by Gasteiger charge is 1.96. The first-order chi connectivity index (χ1) is 8.81. The summed E-state index contributed by atoms with van der Waals surface area (Å²) < 4.78 is 0. The van der Waals surface area contributed by atoms with E-state index in [4.69, 9.17) is 5.21 Å². The zero-order valence-corrected chi connectivity index (χ0v) is 11.3. The molecule has 18 heavy (non-hydrogen) atoms. The minimum atomic E-state index is 0.865. The summed E-state index contributed by atoms with van der Waals surface area (Å²) >= 11 is 0. The van der Waals surface area contributed by atoms with Crippen molar-refractivity contribution in [2.24, 2.45) is 5.16 Å². The Kier molecular flexibility index (Phi) is 8.92. The van der Waals surface area contributed by atoms with E-state index in [2.05, 4.69) is 11.7 Å². The van der Waals surface area contributed by atoms with Crippen molar-refractivity contribution in [2.75, 3.05) is 0 Å². The predicted molar refractivity (Wildman–Crippen MR) is 80.2 cm³/mol. The van der Waals surface area contributed by atoms with E-state index >= 15 is 0 Å². The van der Waals surface area contributed by atoms with E-state index in [1.807, 2.05) is 63.3 Å². The molecule has 0 amide bonds. The van der Waals surface area contributed by atoms with E-state index in [1.165, 1.54) is 6.21 Å². The predicted octanol–water partition coefficient (Wildman–Crippen LogP) is 4.67. The monoisotopic (exact) mass is 243 g/mol. The van der Waals surface area contributed by atoms with Gasteiger partial charge in [0.05, 0.1) is 6.21 Å². The van der Waals surface area contributed by atoms with Crippen molar-refractivity contribution in [1.29, 1.82) is 0 Å². The molecule has 0 unspecified atom stereocenters. The summed E-state index contributed by atoms with van der Waals surface area (Å²) in [6, 6.07) is 7.75. The molecule has 96 valence electrons. The molecule has 2 nitrogen and oxygen atoms in total. The van der Waals surface area contributed by atoms with Gasteiger partial charge in [0.25, 0.3) is 0 Å². The quantitative estimate of drug-likeness (QED) is 0.354. The Morgan fingerprint density at radius 1 is 1.22 bits per heavy atom. The van der Waals surface area contributed by atoms with Gasteiger partial charge in [0.15, 0.2) is 0 Å². The van der Waals surface area contributed by atoms with Crippen LogP contribution in [-0.4, -0.2) is 11.4 Å². The van der Waals surface area contributed by atoms with Gasteiger partial charge in [-0.1, -0.05) is 74.2 Å². The first kappa shape index (κ1) is 15.9. The lowest BCUT2D eigenvalue weighted by Gasteiger charge is -2.02. The molecule has 0 fully saturated rings. The van der Waals surface area contributed by atoms with E-state index in [0.29, 0.717) is 0 Å². The third-order valence-electron chi connectivity index (χ3n) is 2.09. The van der Waals surface area contributed by atoms with Crippen molar-refractivity contribution in [1.82, 2.24) is 0 Å². The van der Waals surface area contributed by atoms with Crippen molar-refractivity contribution in [2.45, 2.75) is 20.8 Å². The minimum absolute atomic E-state index is 0.865. The smallest absolute Gasteiger partial charge is 0.0733 e. The molecule has 0 spiro atoms. The van der Waals surface area contributed by atoms with Gasteiger partial charge in [0.1, 0.15) is 0 Å². The highest BCUT2D eigenvalue weighted by atomic mass is 16.4. The van der Waals surface area contributed by atoms with E-state index < -0.39 is 0 Å². The van der Waals surface area contributed by atoms with Crippen LogP contribution in [0.25, 0.3) is 5.57 Å². The molecule has 1 rings (SSSR count). The van der Waals surface area contributed by atoms with Gasteiger partial charge in [-0.05, 0) is 23.6 Å². The molecular weight excluding hydrogens is 222 g/mol. The number of nitrogens with zero attached hydrogens (tertiary/aromatic N) is 1. The Hall–Kier alpha value is -2.09. The topological polar surface area (TPSA) is 32.6 Å². The largest absolute Gasteiger partial charge is 0.411 e. The molecule has 0 saturated carbocycles. The third-order valence-corrected chi connectivity index (χ3v) is 2.09. The van der Waals surface area contributed by atoms with E-state index in [0.717, 1.165) is 16.7 Å². The van der Waals surface area contributed by atoms with Crippen LogP contribution in [0.1, 0.15) is 31.9 Å². The molecule has 0 atom stereocenters. The molecule has 0 bridgehead atoms. The Labute approximate surface area is 110 Å². The van der Waals surface area contributed by atoms with Crippen LogP contribution in [0.4, 0.5) is 0 Å². The van der Waals surface area contributed by atoms with Gasteiger partial charge in [-0.2, -0.15) is 0 Å². The normalized spacial score (nSPS) is 11.4. The van der Waals surface area contributed by atoms with Crippen LogP contribution in [0.2, 0.25) is 0 Å². The molecule has 0 aliphatic rings. The average molecular weight is 243 g/mol. The van der Waals surface area contributed by atoms with Crippen LogP contribution >= 0.6 is 0 Å². The van der Waals surface area contributed by atoms with Gasteiger partial charge in [-0.15, -0.1) is 0 Å². The molecule has 1 N–H and O–H groups in total. The lowest BCUT2D eigenvalue weighted by atomic mass is 10.0. The Balaban J connectivity index is 0.00000137. The zero-order chi connectivity index (χ0) is 13.8. The second-order valence-corrected chi connectivity index (χ2v) is 3.22. The molecule has 0 aromatic heterocycles. The lowest BCUT2D eigenvalue weighted by molar-refractivity contribution is 0.322. The summed E-state index contributed by atoms with van der Waals surface area (Å²) in [5.41, 5.74) is 3.07. The standard InChI is InChI=1S/C14H15NO.C2H6/c1-3-5-13(6-4-2)14-9-7-12(8-10-14)11-15-16;1-2/h3-11,16H,1H2,2H3;1-2H3/b6-4-,13-5+,15-11-;. The summed E-state index contributed by atoms with van der Waals surface area (Å²) in [7, 11) is 0. The van der Waals surface area contributed by atoms with Crippen molar-refractivity contribution in [3.8, 4) is 0 Å². The fraction of sp³-hybridized carbons (Fsp3) is 0.188.